The van der Waals surface area contributed by atoms with Crippen LogP contribution in [0, 0.1) is 5.92 Å². The molecule has 1 amide bonds. The van der Waals surface area contributed by atoms with Gasteiger partial charge >= 0.3 is 0 Å². The molecule has 1 unspecified atom stereocenters. The molecule has 1 aromatic rings. The standard InChI is InChI=1S/C21H29NO3/c1-24-19-5-3-16(4-6-19)17-7-12-22(13-8-17)20(23)18-9-14-25-21(15-18)10-2-11-21/h3-6,17-18H,2,7-15H2,1H3. The summed E-state index contributed by atoms with van der Waals surface area (Å²) < 4.78 is 11.2. The lowest BCUT2D eigenvalue weighted by Crippen LogP contribution is -2.50. The van der Waals surface area contributed by atoms with Gasteiger partial charge in [0.25, 0.3) is 0 Å². The summed E-state index contributed by atoms with van der Waals surface area (Å²) in [5.41, 5.74) is 1.42. The van der Waals surface area contributed by atoms with Gasteiger partial charge in [-0.05, 0) is 68.6 Å². The molecule has 0 aromatic heterocycles. The lowest BCUT2D eigenvalue weighted by molar-refractivity contribution is -0.163. The summed E-state index contributed by atoms with van der Waals surface area (Å²) in [6.45, 7) is 2.54. The molecule has 0 bridgehead atoms. The molecule has 136 valence electrons. The van der Waals surface area contributed by atoms with Crippen molar-refractivity contribution in [1.82, 2.24) is 4.90 Å². The Bertz CT molecular complexity index is 600. The Kier molecular flexibility index (Phi) is 4.72. The Labute approximate surface area is 150 Å². The van der Waals surface area contributed by atoms with E-state index >= 15 is 0 Å². The van der Waals surface area contributed by atoms with Crippen LogP contribution in [0.15, 0.2) is 24.3 Å². The molecule has 1 saturated carbocycles. The van der Waals surface area contributed by atoms with Gasteiger partial charge < -0.3 is 14.4 Å². The highest BCUT2D eigenvalue weighted by Crippen LogP contribution is 2.44. The van der Waals surface area contributed by atoms with E-state index in [0.29, 0.717) is 11.8 Å². The van der Waals surface area contributed by atoms with Gasteiger partial charge in [-0.1, -0.05) is 12.1 Å². The second-order valence-electron chi connectivity index (χ2n) is 7.95. The number of benzene rings is 1. The second kappa shape index (κ2) is 6.99. The molecule has 2 aliphatic heterocycles. The predicted molar refractivity (Wildman–Crippen MR) is 96.8 cm³/mol. The highest BCUT2D eigenvalue weighted by Gasteiger charge is 2.45. The molecule has 4 nitrogen and oxygen atoms in total. The number of likely N-dealkylation sites (tertiary alicyclic amines) is 1. The molecule has 1 atom stereocenters. The van der Waals surface area contributed by atoms with Crippen molar-refractivity contribution >= 4 is 5.91 Å². The molecule has 2 heterocycles. The summed E-state index contributed by atoms with van der Waals surface area (Å²) in [7, 11) is 1.70. The Morgan fingerprint density at radius 1 is 1.16 bits per heavy atom. The topological polar surface area (TPSA) is 38.8 Å². The van der Waals surface area contributed by atoms with Gasteiger partial charge in [-0.25, -0.2) is 0 Å². The smallest absolute Gasteiger partial charge is 0.225 e. The van der Waals surface area contributed by atoms with Crippen molar-refractivity contribution in [3.8, 4) is 5.75 Å². The average molecular weight is 343 g/mol. The maximum Gasteiger partial charge on any atom is 0.225 e. The Morgan fingerprint density at radius 2 is 1.88 bits per heavy atom. The molecule has 25 heavy (non-hydrogen) atoms. The third-order valence-electron chi connectivity index (χ3n) is 6.50. The normalized spacial score (nSPS) is 26.3. The fourth-order valence-corrected chi connectivity index (χ4v) is 4.73. The average Bonchev–Trinajstić information content (AvgIpc) is 2.66. The van der Waals surface area contributed by atoms with Crippen LogP contribution < -0.4 is 4.74 Å². The largest absolute Gasteiger partial charge is 0.497 e. The lowest BCUT2D eigenvalue weighted by Gasteiger charge is -2.47. The number of hydrogen-bond donors (Lipinski definition) is 0. The van der Waals surface area contributed by atoms with Crippen LogP contribution in [0.3, 0.4) is 0 Å². The predicted octanol–water partition coefficient (Wildman–Crippen LogP) is 3.75. The minimum Gasteiger partial charge on any atom is -0.497 e. The first-order chi connectivity index (χ1) is 12.2. The summed E-state index contributed by atoms with van der Waals surface area (Å²) in [4.78, 5) is 15.1. The van der Waals surface area contributed by atoms with E-state index in [9.17, 15) is 4.79 Å². The third kappa shape index (κ3) is 3.41. The van der Waals surface area contributed by atoms with Gasteiger partial charge in [0.05, 0.1) is 12.7 Å². The molecule has 0 N–H and O–H groups in total. The van der Waals surface area contributed by atoms with Gasteiger partial charge in [0, 0.05) is 25.6 Å². The lowest BCUT2D eigenvalue weighted by atomic mass is 9.71. The highest BCUT2D eigenvalue weighted by molar-refractivity contribution is 5.79. The van der Waals surface area contributed by atoms with E-state index in [-0.39, 0.29) is 11.5 Å². The molecule has 1 spiro atoms. The molecular weight excluding hydrogens is 314 g/mol. The number of methoxy groups -OCH3 is 1. The highest BCUT2D eigenvalue weighted by atomic mass is 16.5. The second-order valence-corrected chi connectivity index (χ2v) is 7.95. The van der Waals surface area contributed by atoms with Gasteiger partial charge in [0.2, 0.25) is 5.91 Å². The zero-order valence-electron chi connectivity index (χ0n) is 15.2. The van der Waals surface area contributed by atoms with Crippen molar-refractivity contribution in [2.75, 3.05) is 26.8 Å². The van der Waals surface area contributed by atoms with Gasteiger partial charge in [0.15, 0.2) is 0 Å². The number of carbonyl (C=O) groups is 1. The van der Waals surface area contributed by atoms with Crippen LogP contribution in [0.4, 0.5) is 0 Å². The van der Waals surface area contributed by atoms with E-state index in [1.807, 2.05) is 12.1 Å². The van der Waals surface area contributed by atoms with Crippen molar-refractivity contribution in [3.05, 3.63) is 29.8 Å². The van der Waals surface area contributed by atoms with Gasteiger partial charge in [-0.2, -0.15) is 0 Å². The molecule has 1 aliphatic carbocycles. The van der Waals surface area contributed by atoms with Crippen LogP contribution in [0.2, 0.25) is 0 Å². The zero-order chi connectivity index (χ0) is 17.3. The Morgan fingerprint density at radius 3 is 2.48 bits per heavy atom. The minimum absolute atomic E-state index is 0.0555. The summed E-state index contributed by atoms with van der Waals surface area (Å²) in [5, 5.41) is 0. The van der Waals surface area contributed by atoms with Gasteiger partial charge in [-0.15, -0.1) is 0 Å². The maximum atomic E-state index is 13.0. The van der Waals surface area contributed by atoms with Gasteiger partial charge in [0.1, 0.15) is 5.75 Å². The van der Waals surface area contributed by atoms with Crippen LogP contribution >= 0.6 is 0 Å². The van der Waals surface area contributed by atoms with Crippen molar-refractivity contribution in [3.63, 3.8) is 0 Å². The number of nitrogens with zero attached hydrogens (tertiary/aromatic N) is 1. The molecule has 2 saturated heterocycles. The number of piperidine rings is 1. The maximum absolute atomic E-state index is 13.0. The fraction of sp³-hybridized carbons (Fsp3) is 0.667. The molecule has 1 aromatic carbocycles. The Hall–Kier alpha value is -1.55. The van der Waals surface area contributed by atoms with E-state index in [4.69, 9.17) is 9.47 Å². The number of rotatable bonds is 3. The number of hydrogen-bond acceptors (Lipinski definition) is 3. The van der Waals surface area contributed by atoms with E-state index < -0.39 is 0 Å². The van der Waals surface area contributed by atoms with Crippen LogP contribution in [-0.4, -0.2) is 43.2 Å². The monoisotopic (exact) mass is 343 g/mol. The van der Waals surface area contributed by atoms with E-state index in [1.165, 1.54) is 12.0 Å². The fourth-order valence-electron chi connectivity index (χ4n) is 4.73. The number of ether oxygens (including phenoxy) is 2. The van der Waals surface area contributed by atoms with Crippen molar-refractivity contribution in [2.45, 2.75) is 56.5 Å². The number of amides is 1. The van der Waals surface area contributed by atoms with Crippen molar-refractivity contribution in [1.29, 1.82) is 0 Å². The molecule has 3 aliphatic rings. The summed E-state index contributed by atoms with van der Waals surface area (Å²) in [5.74, 6) is 2.03. The van der Waals surface area contributed by atoms with Crippen LogP contribution in [0.25, 0.3) is 0 Å². The SMILES string of the molecule is COc1ccc(C2CCN(C(=O)C3CCOC4(CCC4)C3)CC2)cc1. The summed E-state index contributed by atoms with van der Waals surface area (Å²) in [6, 6.07) is 8.40. The Balaban J connectivity index is 1.32. The van der Waals surface area contributed by atoms with E-state index in [2.05, 4.69) is 17.0 Å². The first kappa shape index (κ1) is 16.9. The summed E-state index contributed by atoms with van der Waals surface area (Å²) >= 11 is 0. The zero-order valence-corrected chi connectivity index (χ0v) is 15.2. The molecule has 4 heteroatoms. The van der Waals surface area contributed by atoms with Crippen LogP contribution in [-0.2, 0) is 9.53 Å². The van der Waals surface area contributed by atoms with E-state index in [1.54, 1.807) is 7.11 Å². The first-order valence-electron chi connectivity index (χ1n) is 9.76. The minimum atomic E-state index is 0.0555. The van der Waals surface area contributed by atoms with E-state index in [0.717, 1.165) is 64.0 Å². The molecule has 4 rings (SSSR count). The number of carbonyl (C=O) groups excluding carboxylic acids is 1. The van der Waals surface area contributed by atoms with Crippen LogP contribution in [0.5, 0.6) is 5.75 Å². The van der Waals surface area contributed by atoms with Gasteiger partial charge in [-0.3, -0.25) is 4.79 Å². The summed E-state index contributed by atoms with van der Waals surface area (Å²) in [6.07, 6.45) is 7.53. The van der Waals surface area contributed by atoms with Crippen molar-refractivity contribution in [2.24, 2.45) is 5.92 Å². The molecule has 0 radical (unpaired) electrons. The molecular formula is C21H29NO3. The third-order valence-corrected chi connectivity index (χ3v) is 6.50. The quantitative estimate of drug-likeness (QED) is 0.839. The first-order valence-corrected chi connectivity index (χ1v) is 9.76. The molecule has 3 fully saturated rings. The van der Waals surface area contributed by atoms with Crippen molar-refractivity contribution < 1.29 is 14.3 Å². The van der Waals surface area contributed by atoms with Crippen LogP contribution in [0.1, 0.15) is 56.4 Å².